The van der Waals surface area contributed by atoms with Crippen LogP contribution >= 0.6 is 11.6 Å². The molecule has 25 heavy (non-hydrogen) atoms. The number of furan rings is 1. The summed E-state index contributed by atoms with van der Waals surface area (Å²) in [7, 11) is 1.75. The topological polar surface area (TPSA) is 67.0 Å². The van der Waals surface area contributed by atoms with Crippen molar-refractivity contribution in [2.24, 2.45) is 0 Å². The zero-order valence-electron chi connectivity index (χ0n) is 14.0. The second kappa shape index (κ2) is 7.72. The summed E-state index contributed by atoms with van der Waals surface area (Å²) in [6.07, 6.45) is 0. The van der Waals surface area contributed by atoms with E-state index in [4.69, 9.17) is 16.0 Å². The Morgan fingerprint density at radius 3 is 2.76 bits per heavy atom. The first-order valence-electron chi connectivity index (χ1n) is 8.20. The third-order valence-electron chi connectivity index (χ3n) is 4.22. The fourth-order valence-corrected chi connectivity index (χ4v) is 2.94. The van der Waals surface area contributed by atoms with Crippen molar-refractivity contribution in [2.75, 3.05) is 33.2 Å². The predicted octanol–water partition coefficient (Wildman–Crippen LogP) is 0.573. The number of rotatable bonds is 5. The van der Waals surface area contributed by atoms with Gasteiger partial charge in [-0.2, -0.15) is 0 Å². The fourth-order valence-electron chi connectivity index (χ4n) is 2.81. The molecule has 2 heterocycles. The SMILES string of the molecule is CN(Cc1ccc(-c2ccc(Cl)cc2)o1)C(=O)C[NH+]1CCNC(=O)C1. The standard InChI is InChI=1S/C18H20ClN3O3/c1-21(18(24)12-22-9-8-20-17(23)11-22)10-15-6-7-16(25-15)13-2-4-14(19)5-3-13/h2-7H,8-12H2,1H3,(H,20,23)/p+1. The van der Waals surface area contributed by atoms with Crippen molar-refractivity contribution in [3.8, 4) is 11.3 Å². The molecule has 0 spiro atoms. The molecule has 2 amide bonds. The molecule has 2 aromatic rings. The highest BCUT2D eigenvalue weighted by molar-refractivity contribution is 6.30. The highest BCUT2D eigenvalue weighted by Gasteiger charge is 2.24. The molecular weight excluding hydrogens is 342 g/mol. The van der Waals surface area contributed by atoms with E-state index in [1.807, 2.05) is 36.4 Å². The second-order valence-corrected chi connectivity index (χ2v) is 6.66. The minimum Gasteiger partial charge on any atom is -0.459 e. The molecule has 0 radical (unpaired) electrons. The van der Waals surface area contributed by atoms with Crippen LogP contribution in [0.4, 0.5) is 0 Å². The van der Waals surface area contributed by atoms with Gasteiger partial charge in [-0.25, -0.2) is 0 Å². The number of piperazine rings is 1. The van der Waals surface area contributed by atoms with Crippen LogP contribution in [0.1, 0.15) is 5.76 Å². The molecule has 1 fully saturated rings. The fraction of sp³-hybridized carbons (Fsp3) is 0.333. The average molecular weight is 363 g/mol. The Balaban J connectivity index is 1.57. The Kier molecular flexibility index (Phi) is 5.40. The Labute approximate surface area is 151 Å². The van der Waals surface area contributed by atoms with Gasteiger partial charge in [-0.15, -0.1) is 0 Å². The molecule has 0 saturated carbocycles. The molecule has 1 aliphatic heterocycles. The van der Waals surface area contributed by atoms with Crippen molar-refractivity contribution < 1.29 is 18.9 Å². The number of hydrogen-bond acceptors (Lipinski definition) is 3. The number of carbonyl (C=O) groups is 2. The lowest BCUT2D eigenvalue weighted by Gasteiger charge is -2.25. The van der Waals surface area contributed by atoms with E-state index in [1.54, 1.807) is 11.9 Å². The van der Waals surface area contributed by atoms with Crippen molar-refractivity contribution in [1.82, 2.24) is 10.2 Å². The summed E-state index contributed by atoms with van der Waals surface area (Å²) >= 11 is 5.90. The maximum absolute atomic E-state index is 12.4. The van der Waals surface area contributed by atoms with Gasteiger partial charge in [0.1, 0.15) is 11.5 Å². The highest BCUT2D eigenvalue weighted by atomic mass is 35.5. The summed E-state index contributed by atoms with van der Waals surface area (Å²) in [6, 6.07) is 11.2. The van der Waals surface area contributed by atoms with Crippen molar-refractivity contribution in [2.45, 2.75) is 6.54 Å². The number of nitrogens with zero attached hydrogens (tertiary/aromatic N) is 1. The Bertz CT molecular complexity index is 757. The smallest absolute Gasteiger partial charge is 0.277 e. The van der Waals surface area contributed by atoms with Crippen LogP contribution < -0.4 is 10.2 Å². The number of benzene rings is 1. The molecule has 1 unspecified atom stereocenters. The van der Waals surface area contributed by atoms with Crippen LogP contribution in [0.2, 0.25) is 5.02 Å². The summed E-state index contributed by atoms with van der Waals surface area (Å²) in [5.41, 5.74) is 0.938. The van der Waals surface area contributed by atoms with Crippen LogP contribution in [-0.2, 0) is 16.1 Å². The lowest BCUT2D eigenvalue weighted by Crippen LogP contribution is -3.16. The molecule has 3 rings (SSSR count). The molecule has 6 nitrogen and oxygen atoms in total. The summed E-state index contributed by atoms with van der Waals surface area (Å²) in [6.45, 7) is 2.45. The summed E-state index contributed by atoms with van der Waals surface area (Å²) in [4.78, 5) is 26.4. The lowest BCUT2D eigenvalue weighted by atomic mass is 10.2. The molecule has 1 atom stereocenters. The number of likely N-dealkylation sites (N-methyl/N-ethyl adjacent to an activating group) is 1. The zero-order valence-corrected chi connectivity index (χ0v) is 14.8. The molecule has 0 bridgehead atoms. The van der Waals surface area contributed by atoms with Gasteiger partial charge in [-0.3, -0.25) is 9.59 Å². The molecular formula is C18H21ClN3O3+. The van der Waals surface area contributed by atoms with Crippen LogP contribution in [0, 0.1) is 0 Å². The number of carbonyl (C=O) groups excluding carboxylic acids is 2. The molecule has 1 aromatic heterocycles. The molecule has 0 aliphatic carbocycles. The Morgan fingerprint density at radius 2 is 2.04 bits per heavy atom. The minimum absolute atomic E-state index is 0.00431. The van der Waals surface area contributed by atoms with Crippen molar-refractivity contribution in [1.29, 1.82) is 0 Å². The number of nitrogens with one attached hydrogen (secondary N) is 2. The summed E-state index contributed by atoms with van der Waals surface area (Å²) in [5, 5.41) is 3.44. The average Bonchev–Trinajstić information content (AvgIpc) is 3.04. The molecule has 132 valence electrons. The molecule has 1 saturated heterocycles. The maximum Gasteiger partial charge on any atom is 0.277 e. The highest BCUT2D eigenvalue weighted by Crippen LogP contribution is 2.24. The molecule has 7 heteroatoms. The molecule has 2 N–H and O–H groups in total. The third kappa shape index (κ3) is 4.61. The molecule has 1 aromatic carbocycles. The summed E-state index contributed by atoms with van der Waals surface area (Å²) < 4.78 is 5.83. The van der Waals surface area contributed by atoms with Gasteiger partial charge in [0, 0.05) is 17.6 Å². The van der Waals surface area contributed by atoms with E-state index in [9.17, 15) is 9.59 Å². The monoisotopic (exact) mass is 362 g/mol. The van der Waals surface area contributed by atoms with Gasteiger partial charge >= 0.3 is 0 Å². The van der Waals surface area contributed by atoms with Crippen LogP contribution in [0.15, 0.2) is 40.8 Å². The van der Waals surface area contributed by atoms with Crippen molar-refractivity contribution in [3.63, 3.8) is 0 Å². The number of hydrogen-bond donors (Lipinski definition) is 2. The number of halogens is 1. The van der Waals surface area contributed by atoms with Gasteiger partial charge in [-0.1, -0.05) is 11.6 Å². The Morgan fingerprint density at radius 1 is 1.28 bits per heavy atom. The van der Waals surface area contributed by atoms with Gasteiger partial charge in [0.05, 0.1) is 19.6 Å². The van der Waals surface area contributed by atoms with E-state index < -0.39 is 0 Å². The predicted molar refractivity (Wildman–Crippen MR) is 94.2 cm³/mol. The third-order valence-corrected chi connectivity index (χ3v) is 4.47. The number of quaternary nitrogens is 1. The van der Waals surface area contributed by atoms with Gasteiger partial charge in [0.15, 0.2) is 13.1 Å². The first-order valence-corrected chi connectivity index (χ1v) is 8.58. The van der Waals surface area contributed by atoms with E-state index in [2.05, 4.69) is 5.32 Å². The quantitative estimate of drug-likeness (QED) is 0.817. The first kappa shape index (κ1) is 17.5. The van der Waals surface area contributed by atoms with Gasteiger partial charge in [0.2, 0.25) is 0 Å². The molecule has 1 aliphatic rings. The maximum atomic E-state index is 12.4. The van der Waals surface area contributed by atoms with Gasteiger partial charge < -0.3 is 19.5 Å². The normalized spacial score (nSPS) is 17.2. The lowest BCUT2D eigenvalue weighted by molar-refractivity contribution is -0.885. The summed E-state index contributed by atoms with van der Waals surface area (Å²) in [5.74, 6) is 1.45. The first-order chi connectivity index (χ1) is 12.0. The van der Waals surface area contributed by atoms with Crippen molar-refractivity contribution in [3.05, 3.63) is 47.2 Å². The minimum atomic E-state index is -0.00542. The zero-order chi connectivity index (χ0) is 17.8. The second-order valence-electron chi connectivity index (χ2n) is 6.23. The van der Waals surface area contributed by atoms with E-state index >= 15 is 0 Å². The van der Waals surface area contributed by atoms with Crippen LogP contribution in [0.5, 0.6) is 0 Å². The van der Waals surface area contributed by atoms with E-state index in [-0.39, 0.29) is 11.8 Å². The van der Waals surface area contributed by atoms with Crippen LogP contribution in [0.3, 0.4) is 0 Å². The van der Waals surface area contributed by atoms with Crippen LogP contribution in [-0.4, -0.2) is 49.9 Å². The largest absolute Gasteiger partial charge is 0.459 e. The van der Waals surface area contributed by atoms with Gasteiger partial charge in [-0.05, 0) is 36.4 Å². The Hall–Kier alpha value is -2.31. The van der Waals surface area contributed by atoms with Crippen LogP contribution in [0.25, 0.3) is 11.3 Å². The van der Waals surface area contributed by atoms with E-state index in [1.165, 1.54) is 0 Å². The van der Waals surface area contributed by atoms with E-state index in [0.29, 0.717) is 37.0 Å². The number of amides is 2. The van der Waals surface area contributed by atoms with Gasteiger partial charge in [0.25, 0.3) is 11.8 Å². The van der Waals surface area contributed by atoms with E-state index in [0.717, 1.165) is 22.8 Å². The van der Waals surface area contributed by atoms with Crippen molar-refractivity contribution >= 4 is 23.4 Å².